The largest absolute Gasteiger partial charge is 0.434 e. The van der Waals surface area contributed by atoms with E-state index in [2.05, 4.69) is 10.1 Å². The van der Waals surface area contributed by atoms with Gasteiger partial charge in [0.25, 0.3) is 0 Å². The summed E-state index contributed by atoms with van der Waals surface area (Å²) in [4.78, 5) is 15.6. The number of carbonyl (C=O) groups excluding carboxylic acids is 1. The first-order chi connectivity index (χ1) is 10.4. The minimum absolute atomic E-state index is 0.227. The number of nitrogens with zero attached hydrogens (tertiary/aromatic N) is 3. The molecule has 0 amide bonds. The van der Waals surface area contributed by atoms with Crippen LogP contribution < -0.4 is 0 Å². The lowest BCUT2D eigenvalue weighted by molar-refractivity contribution is -0.143. The van der Waals surface area contributed by atoms with E-state index in [1.165, 1.54) is 12.3 Å². The molecule has 0 radical (unpaired) electrons. The van der Waals surface area contributed by atoms with E-state index in [0.29, 0.717) is 10.9 Å². The van der Waals surface area contributed by atoms with Crippen LogP contribution in [0, 0.1) is 0 Å². The highest BCUT2D eigenvalue weighted by Gasteiger charge is 2.40. The smallest absolute Gasteiger partial charge is 0.294 e. The van der Waals surface area contributed by atoms with Crippen molar-refractivity contribution in [2.45, 2.75) is 13.1 Å². The van der Waals surface area contributed by atoms with E-state index >= 15 is 0 Å². The normalized spacial score (nSPS) is 11.8. The predicted molar refractivity (Wildman–Crippen MR) is 73.9 cm³/mol. The van der Waals surface area contributed by atoms with Gasteiger partial charge in [-0.2, -0.15) is 18.3 Å². The fourth-order valence-corrected chi connectivity index (χ4v) is 2.33. The maximum Gasteiger partial charge on any atom is 0.434 e. The number of fused-ring (bicyclic) bond motifs is 1. The fraction of sp³-hybridized carbons (Fsp3) is 0.133. The molecule has 0 unspecified atom stereocenters. The number of hydrogen-bond acceptors (Lipinski definition) is 3. The zero-order chi connectivity index (χ0) is 15.9. The third kappa shape index (κ3) is 2.24. The van der Waals surface area contributed by atoms with Crippen LogP contribution in [0.1, 0.15) is 23.0 Å². The zero-order valence-electron chi connectivity index (χ0n) is 11.4. The Balaban J connectivity index is 2.35. The van der Waals surface area contributed by atoms with E-state index in [9.17, 15) is 18.0 Å². The lowest BCUT2D eigenvalue weighted by Gasteiger charge is -2.13. The van der Waals surface area contributed by atoms with Crippen LogP contribution in [0.5, 0.6) is 0 Å². The number of alkyl halides is 3. The van der Waals surface area contributed by atoms with Gasteiger partial charge in [0.15, 0.2) is 11.5 Å². The lowest BCUT2D eigenvalue weighted by atomic mass is 10.1. The number of aromatic nitrogens is 3. The number of halogens is 3. The van der Waals surface area contributed by atoms with Crippen molar-refractivity contribution >= 4 is 16.7 Å². The number of benzene rings is 1. The van der Waals surface area contributed by atoms with Crippen molar-refractivity contribution in [1.29, 1.82) is 0 Å². The summed E-state index contributed by atoms with van der Waals surface area (Å²) in [6.07, 6.45) is -2.34. The molecule has 112 valence electrons. The molecule has 7 heteroatoms. The van der Waals surface area contributed by atoms with Gasteiger partial charge in [-0.1, -0.05) is 18.2 Å². The Hall–Kier alpha value is -2.70. The van der Waals surface area contributed by atoms with Crippen molar-refractivity contribution in [3.05, 3.63) is 54.0 Å². The number of hydrogen-bond donors (Lipinski definition) is 0. The van der Waals surface area contributed by atoms with Crippen molar-refractivity contribution in [2.75, 3.05) is 0 Å². The molecule has 0 aliphatic carbocycles. The van der Waals surface area contributed by atoms with E-state index in [4.69, 9.17) is 0 Å². The maximum atomic E-state index is 13.4. The van der Waals surface area contributed by atoms with Gasteiger partial charge in [-0.15, -0.1) is 0 Å². The van der Waals surface area contributed by atoms with E-state index in [1.807, 2.05) is 0 Å². The molecule has 0 N–H and O–H groups in total. The third-order valence-corrected chi connectivity index (χ3v) is 3.27. The zero-order valence-corrected chi connectivity index (χ0v) is 11.4. The molecule has 0 aliphatic heterocycles. The molecule has 0 atom stereocenters. The molecular formula is C15H10F3N3O. The standard InChI is InChI=1S/C15H10F3N3O/c1-9(22)11-8-20-21(14(11)15(16,17)18)13-6-7-19-12-5-3-2-4-10(12)13/h2-8H,1H3. The highest BCUT2D eigenvalue weighted by Crippen LogP contribution is 2.35. The van der Waals surface area contributed by atoms with Crippen molar-refractivity contribution in [2.24, 2.45) is 0 Å². The highest BCUT2D eigenvalue weighted by molar-refractivity contribution is 5.95. The molecule has 4 nitrogen and oxygen atoms in total. The van der Waals surface area contributed by atoms with Crippen LogP contribution in [-0.4, -0.2) is 20.5 Å². The average Bonchev–Trinajstić information content (AvgIpc) is 2.91. The lowest BCUT2D eigenvalue weighted by Crippen LogP contribution is -2.17. The molecule has 1 aromatic carbocycles. The van der Waals surface area contributed by atoms with Crippen LogP contribution in [0.25, 0.3) is 16.6 Å². The molecule has 0 bridgehead atoms. The Morgan fingerprint density at radius 2 is 1.91 bits per heavy atom. The van der Waals surface area contributed by atoms with Crippen LogP contribution in [0.4, 0.5) is 13.2 Å². The van der Waals surface area contributed by atoms with Gasteiger partial charge in [0, 0.05) is 11.6 Å². The monoisotopic (exact) mass is 305 g/mol. The Labute approximate surface area is 123 Å². The maximum absolute atomic E-state index is 13.4. The summed E-state index contributed by atoms with van der Waals surface area (Å²) in [7, 11) is 0. The Kier molecular flexibility index (Phi) is 3.20. The Bertz CT molecular complexity index is 863. The topological polar surface area (TPSA) is 47.8 Å². The summed E-state index contributed by atoms with van der Waals surface area (Å²) in [6.45, 7) is 1.08. The van der Waals surface area contributed by atoms with Crippen LogP contribution in [-0.2, 0) is 6.18 Å². The van der Waals surface area contributed by atoms with Crippen LogP contribution in [0.15, 0.2) is 42.7 Å². The number of carbonyl (C=O) groups is 1. The van der Waals surface area contributed by atoms with Gasteiger partial charge in [-0.25, -0.2) is 4.68 Å². The Morgan fingerprint density at radius 3 is 2.59 bits per heavy atom. The number of rotatable bonds is 2. The van der Waals surface area contributed by atoms with Gasteiger partial charge in [-0.3, -0.25) is 9.78 Å². The van der Waals surface area contributed by atoms with Crippen LogP contribution in [0.3, 0.4) is 0 Å². The summed E-state index contributed by atoms with van der Waals surface area (Å²) in [5.74, 6) is -0.683. The molecule has 0 aliphatic rings. The van der Waals surface area contributed by atoms with E-state index in [1.54, 1.807) is 24.3 Å². The first kappa shape index (κ1) is 14.2. The predicted octanol–water partition coefficient (Wildman–Crippen LogP) is 3.64. The molecule has 3 aromatic rings. The minimum Gasteiger partial charge on any atom is -0.294 e. The van der Waals surface area contributed by atoms with Gasteiger partial charge in [-0.05, 0) is 19.1 Å². The second-order valence-corrected chi connectivity index (χ2v) is 4.72. The summed E-state index contributed by atoms with van der Waals surface area (Å²) in [6, 6.07) is 8.24. The van der Waals surface area contributed by atoms with Crippen molar-refractivity contribution < 1.29 is 18.0 Å². The Morgan fingerprint density at radius 1 is 1.18 bits per heavy atom. The second kappa shape index (κ2) is 4.94. The van der Waals surface area contributed by atoms with Gasteiger partial charge in [0.2, 0.25) is 0 Å². The molecule has 2 aromatic heterocycles. The molecule has 0 spiro atoms. The number of ketones is 1. The highest BCUT2D eigenvalue weighted by atomic mass is 19.4. The minimum atomic E-state index is -4.69. The summed E-state index contributed by atoms with van der Waals surface area (Å²) in [5.41, 5.74) is -0.747. The number of para-hydroxylation sites is 1. The molecule has 3 rings (SSSR count). The quantitative estimate of drug-likeness (QED) is 0.679. The van der Waals surface area contributed by atoms with Crippen molar-refractivity contribution in [3.8, 4) is 5.69 Å². The average molecular weight is 305 g/mol. The summed E-state index contributed by atoms with van der Waals surface area (Å²) in [5, 5.41) is 4.29. The van der Waals surface area contributed by atoms with Gasteiger partial charge in [0.1, 0.15) is 0 Å². The van der Waals surface area contributed by atoms with E-state index in [0.717, 1.165) is 17.8 Å². The van der Waals surface area contributed by atoms with Gasteiger partial charge >= 0.3 is 6.18 Å². The first-order valence-corrected chi connectivity index (χ1v) is 6.40. The van der Waals surface area contributed by atoms with Gasteiger partial charge in [0.05, 0.1) is 23.0 Å². The van der Waals surface area contributed by atoms with Crippen molar-refractivity contribution in [3.63, 3.8) is 0 Å². The molecule has 0 saturated carbocycles. The first-order valence-electron chi connectivity index (χ1n) is 6.40. The molecule has 2 heterocycles. The summed E-state index contributed by atoms with van der Waals surface area (Å²) >= 11 is 0. The number of pyridine rings is 1. The van der Waals surface area contributed by atoms with Crippen molar-refractivity contribution in [1.82, 2.24) is 14.8 Å². The fourth-order valence-electron chi connectivity index (χ4n) is 2.33. The van der Waals surface area contributed by atoms with E-state index in [-0.39, 0.29) is 5.69 Å². The second-order valence-electron chi connectivity index (χ2n) is 4.72. The SMILES string of the molecule is CC(=O)c1cnn(-c2ccnc3ccccc23)c1C(F)(F)F. The number of Topliss-reactive ketones (excluding diaryl/α,β-unsaturated/α-hetero) is 1. The molecular weight excluding hydrogens is 295 g/mol. The van der Waals surface area contributed by atoms with Crippen LogP contribution in [0.2, 0.25) is 0 Å². The van der Waals surface area contributed by atoms with Gasteiger partial charge < -0.3 is 0 Å². The third-order valence-electron chi connectivity index (χ3n) is 3.27. The van der Waals surface area contributed by atoms with Crippen LogP contribution >= 0.6 is 0 Å². The molecule has 0 saturated heterocycles. The van der Waals surface area contributed by atoms with E-state index < -0.39 is 23.2 Å². The molecule has 0 fully saturated rings. The summed E-state index contributed by atoms with van der Waals surface area (Å²) < 4.78 is 40.8. The molecule has 22 heavy (non-hydrogen) atoms.